The van der Waals surface area contributed by atoms with Crippen LogP contribution < -0.4 is 0 Å². The standard InChI is InChI=1S/C18H34O8/c1-12(2)17(21)25-10-15(20)9-23-7-14(5)8-24-16(6-19)11-26-18(22)13(3)4/h12-16,19-20H,6-11H2,1-5H3. The fourth-order valence-corrected chi connectivity index (χ4v) is 1.64. The molecule has 0 heterocycles. The highest BCUT2D eigenvalue weighted by molar-refractivity contribution is 5.71. The van der Waals surface area contributed by atoms with Crippen LogP contribution in [0.25, 0.3) is 0 Å². The smallest absolute Gasteiger partial charge is 0.308 e. The van der Waals surface area contributed by atoms with Gasteiger partial charge in [-0.3, -0.25) is 9.59 Å². The average Bonchev–Trinajstić information content (AvgIpc) is 2.59. The second-order valence-corrected chi connectivity index (χ2v) is 7.00. The van der Waals surface area contributed by atoms with Crippen molar-refractivity contribution in [1.29, 1.82) is 0 Å². The van der Waals surface area contributed by atoms with Crippen molar-refractivity contribution < 1.29 is 38.7 Å². The summed E-state index contributed by atoms with van der Waals surface area (Å²) in [6.45, 7) is 9.12. The van der Waals surface area contributed by atoms with Gasteiger partial charge in [0.25, 0.3) is 0 Å². The van der Waals surface area contributed by atoms with Gasteiger partial charge in [-0.2, -0.15) is 0 Å². The van der Waals surface area contributed by atoms with Crippen molar-refractivity contribution in [3.8, 4) is 0 Å². The fraction of sp³-hybridized carbons (Fsp3) is 0.889. The van der Waals surface area contributed by atoms with Crippen molar-refractivity contribution in [2.75, 3.05) is 39.6 Å². The average molecular weight is 378 g/mol. The first-order valence-electron chi connectivity index (χ1n) is 8.98. The fourth-order valence-electron chi connectivity index (χ4n) is 1.64. The van der Waals surface area contributed by atoms with E-state index < -0.39 is 12.2 Å². The zero-order chi connectivity index (χ0) is 20.1. The minimum absolute atomic E-state index is 0.00102. The SMILES string of the molecule is CC(COCC(O)COC(=O)C(C)C)COC(CO)COC(=O)C(C)C. The summed E-state index contributed by atoms with van der Waals surface area (Å²) in [4.78, 5) is 22.7. The van der Waals surface area contributed by atoms with Gasteiger partial charge in [0.05, 0.1) is 38.3 Å². The molecule has 8 heteroatoms. The van der Waals surface area contributed by atoms with Gasteiger partial charge in [-0.1, -0.05) is 34.6 Å². The van der Waals surface area contributed by atoms with Crippen molar-refractivity contribution in [2.24, 2.45) is 17.8 Å². The van der Waals surface area contributed by atoms with Crippen LogP contribution in [-0.2, 0) is 28.5 Å². The number of esters is 2. The lowest BCUT2D eigenvalue weighted by Gasteiger charge is -2.20. The Bertz CT molecular complexity index is 397. The van der Waals surface area contributed by atoms with E-state index in [2.05, 4.69) is 0 Å². The maximum atomic E-state index is 11.4. The molecule has 0 aliphatic rings. The van der Waals surface area contributed by atoms with E-state index in [-0.39, 0.29) is 56.1 Å². The monoisotopic (exact) mass is 378 g/mol. The third kappa shape index (κ3) is 12.2. The number of carbonyl (C=O) groups is 2. The molecule has 0 aliphatic heterocycles. The molecule has 0 bridgehead atoms. The van der Waals surface area contributed by atoms with E-state index in [0.29, 0.717) is 13.2 Å². The molecule has 0 saturated heterocycles. The van der Waals surface area contributed by atoms with Crippen molar-refractivity contribution in [1.82, 2.24) is 0 Å². The predicted molar refractivity (Wildman–Crippen MR) is 94.4 cm³/mol. The lowest BCUT2D eigenvalue weighted by molar-refractivity contribution is -0.154. The molecule has 0 radical (unpaired) electrons. The molecule has 0 aromatic heterocycles. The van der Waals surface area contributed by atoms with Crippen LogP contribution in [0.15, 0.2) is 0 Å². The molecular weight excluding hydrogens is 344 g/mol. The number of carbonyl (C=O) groups excluding carboxylic acids is 2. The molecule has 0 aliphatic carbocycles. The molecule has 0 rings (SSSR count). The summed E-state index contributed by atoms with van der Waals surface area (Å²) in [5.74, 6) is -1.16. The van der Waals surface area contributed by atoms with Gasteiger partial charge in [-0.05, 0) is 0 Å². The first-order chi connectivity index (χ1) is 12.2. The molecule has 3 unspecified atom stereocenters. The molecule has 0 aromatic carbocycles. The zero-order valence-corrected chi connectivity index (χ0v) is 16.5. The van der Waals surface area contributed by atoms with E-state index >= 15 is 0 Å². The minimum atomic E-state index is -0.883. The third-order valence-corrected chi connectivity index (χ3v) is 3.30. The van der Waals surface area contributed by atoms with E-state index in [0.717, 1.165) is 0 Å². The summed E-state index contributed by atoms with van der Waals surface area (Å²) in [6, 6.07) is 0. The Morgan fingerprint density at radius 1 is 0.808 bits per heavy atom. The van der Waals surface area contributed by atoms with E-state index in [1.165, 1.54) is 0 Å². The number of hydrogen-bond acceptors (Lipinski definition) is 8. The number of aliphatic hydroxyl groups excluding tert-OH is 2. The summed E-state index contributed by atoms with van der Waals surface area (Å²) >= 11 is 0. The summed E-state index contributed by atoms with van der Waals surface area (Å²) in [5, 5.41) is 19.0. The predicted octanol–water partition coefficient (Wildman–Crippen LogP) is 0.776. The van der Waals surface area contributed by atoms with Crippen molar-refractivity contribution >= 4 is 11.9 Å². The van der Waals surface area contributed by atoms with Gasteiger partial charge < -0.3 is 29.2 Å². The molecule has 0 amide bonds. The van der Waals surface area contributed by atoms with E-state index in [9.17, 15) is 19.8 Å². The van der Waals surface area contributed by atoms with Crippen molar-refractivity contribution in [3.05, 3.63) is 0 Å². The number of hydrogen-bond donors (Lipinski definition) is 2. The topological polar surface area (TPSA) is 112 Å². The Balaban J connectivity index is 3.87. The van der Waals surface area contributed by atoms with Crippen molar-refractivity contribution in [3.63, 3.8) is 0 Å². The van der Waals surface area contributed by atoms with Crippen LogP contribution in [0.5, 0.6) is 0 Å². The number of rotatable bonds is 14. The maximum absolute atomic E-state index is 11.4. The first kappa shape index (κ1) is 24.8. The van der Waals surface area contributed by atoms with Crippen LogP contribution in [0.4, 0.5) is 0 Å². The third-order valence-electron chi connectivity index (χ3n) is 3.30. The van der Waals surface area contributed by atoms with Crippen LogP contribution in [0.3, 0.4) is 0 Å². The Morgan fingerprint density at radius 3 is 1.85 bits per heavy atom. The van der Waals surface area contributed by atoms with Gasteiger partial charge in [0.2, 0.25) is 0 Å². The van der Waals surface area contributed by atoms with Gasteiger partial charge in [-0.15, -0.1) is 0 Å². The first-order valence-corrected chi connectivity index (χ1v) is 8.98. The molecule has 0 spiro atoms. The highest BCUT2D eigenvalue weighted by atomic mass is 16.6. The van der Waals surface area contributed by atoms with Crippen LogP contribution >= 0.6 is 0 Å². The molecule has 0 saturated carbocycles. The van der Waals surface area contributed by atoms with E-state index in [1.54, 1.807) is 27.7 Å². The van der Waals surface area contributed by atoms with Crippen LogP contribution in [0.1, 0.15) is 34.6 Å². The van der Waals surface area contributed by atoms with E-state index in [4.69, 9.17) is 18.9 Å². The molecule has 26 heavy (non-hydrogen) atoms. The molecule has 0 aromatic rings. The number of aliphatic hydroxyl groups is 2. The van der Waals surface area contributed by atoms with Crippen LogP contribution in [0.2, 0.25) is 0 Å². The van der Waals surface area contributed by atoms with E-state index in [1.807, 2.05) is 6.92 Å². The molecule has 2 N–H and O–H groups in total. The van der Waals surface area contributed by atoms with Gasteiger partial charge in [0.15, 0.2) is 0 Å². The van der Waals surface area contributed by atoms with Gasteiger partial charge in [-0.25, -0.2) is 0 Å². The normalized spacial score (nSPS) is 15.0. The second kappa shape index (κ2) is 13.9. The summed E-state index contributed by atoms with van der Waals surface area (Å²) in [7, 11) is 0. The molecule has 0 fully saturated rings. The lowest BCUT2D eigenvalue weighted by Crippen LogP contribution is -2.30. The highest BCUT2D eigenvalue weighted by Crippen LogP contribution is 2.04. The van der Waals surface area contributed by atoms with Gasteiger partial charge in [0, 0.05) is 5.92 Å². The second-order valence-electron chi connectivity index (χ2n) is 7.00. The van der Waals surface area contributed by atoms with Crippen LogP contribution in [0, 0.1) is 17.8 Å². The lowest BCUT2D eigenvalue weighted by atomic mass is 10.2. The molecule has 3 atom stereocenters. The molecular formula is C18H34O8. The number of ether oxygens (including phenoxy) is 4. The summed E-state index contributed by atoms with van der Waals surface area (Å²) in [6.07, 6.45) is -1.47. The largest absolute Gasteiger partial charge is 0.463 e. The van der Waals surface area contributed by atoms with Crippen molar-refractivity contribution in [2.45, 2.75) is 46.8 Å². The Kier molecular flexibility index (Phi) is 13.3. The molecule has 154 valence electrons. The molecule has 8 nitrogen and oxygen atoms in total. The quantitative estimate of drug-likeness (QED) is 0.427. The van der Waals surface area contributed by atoms with Crippen LogP contribution in [-0.4, -0.2) is 74.0 Å². The highest BCUT2D eigenvalue weighted by Gasteiger charge is 2.16. The van der Waals surface area contributed by atoms with Gasteiger partial charge >= 0.3 is 11.9 Å². The zero-order valence-electron chi connectivity index (χ0n) is 16.5. The minimum Gasteiger partial charge on any atom is -0.463 e. The Labute approximate surface area is 155 Å². The summed E-state index contributed by atoms with van der Waals surface area (Å²) < 4.78 is 20.8. The summed E-state index contributed by atoms with van der Waals surface area (Å²) in [5.41, 5.74) is 0. The van der Waals surface area contributed by atoms with Gasteiger partial charge in [0.1, 0.15) is 25.4 Å². The Hall–Kier alpha value is -1.22. The Morgan fingerprint density at radius 2 is 1.35 bits per heavy atom. The maximum Gasteiger partial charge on any atom is 0.308 e.